The number of phenolic OH excluding ortho intramolecular Hbond substituents is 1. The summed E-state index contributed by atoms with van der Waals surface area (Å²) < 4.78 is 5.39. The number of unbranched alkanes of at least 4 members (excludes halogenated alkanes) is 5. The lowest BCUT2D eigenvalue weighted by Gasteiger charge is -2.03. The van der Waals surface area contributed by atoms with Crippen molar-refractivity contribution in [3.63, 3.8) is 0 Å². The van der Waals surface area contributed by atoms with Gasteiger partial charge in [0.05, 0.1) is 6.61 Å². The van der Waals surface area contributed by atoms with E-state index in [1.54, 1.807) is 42.7 Å². The average molecular weight is 302 g/mol. The molecule has 0 aliphatic heterocycles. The highest BCUT2D eigenvalue weighted by atomic mass is 16.5. The molecule has 1 aromatic carbocycles. The Labute approximate surface area is 133 Å². The number of benzene rings is 1. The van der Waals surface area contributed by atoms with E-state index in [2.05, 4.69) is 16.9 Å². The fraction of sp³-hybridized carbons (Fsp3) is 0.444. The third-order valence-electron chi connectivity index (χ3n) is 3.03. The molecule has 1 N–H and O–H groups in total. The lowest BCUT2D eigenvalue weighted by molar-refractivity contribution is 0.281. The molecule has 0 saturated heterocycles. The molecule has 0 spiro atoms. The van der Waals surface area contributed by atoms with Crippen molar-refractivity contribution in [3.05, 3.63) is 48.8 Å². The molecule has 0 fully saturated rings. The van der Waals surface area contributed by atoms with E-state index in [0.29, 0.717) is 11.8 Å². The Morgan fingerprint density at radius 2 is 1.50 bits per heavy atom. The predicted molar refractivity (Wildman–Crippen MR) is 89.0 cm³/mol. The van der Waals surface area contributed by atoms with E-state index in [1.807, 2.05) is 6.07 Å². The van der Waals surface area contributed by atoms with Crippen molar-refractivity contribution in [2.75, 3.05) is 6.61 Å². The van der Waals surface area contributed by atoms with Crippen molar-refractivity contribution in [1.82, 2.24) is 9.97 Å². The Bertz CT molecular complexity index is 463. The molecule has 22 heavy (non-hydrogen) atoms. The van der Waals surface area contributed by atoms with E-state index in [0.717, 1.165) is 13.0 Å². The van der Waals surface area contributed by atoms with Gasteiger partial charge < -0.3 is 9.84 Å². The van der Waals surface area contributed by atoms with Gasteiger partial charge in [0.15, 0.2) is 0 Å². The molecule has 0 atom stereocenters. The van der Waals surface area contributed by atoms with Gasteiger partial charge in [-0.05, 0) is 24.6 Å². The molecule has 4 nitrogen and oxygen atoms in total. The minimum Gasteiger partial charge on any atom is -0.508 e. The van der Waals surface area contributed by atoms with Crippen molar-refractivity contribution in [2.24, 2.45) is 0 Å². The molecule has 4 heteroatoms. The Morgan fingerprint density at radius 3 is 2.09 bits per heavy atom. The van der Waals surface area contributed by atoms with Gasteiger partial charge in [-0.3, -0.25) is 0 Å². The van der Waals surface area contributed by atoms with E-state index in [4.69, 9.17) is 9.84 Å². The highest BCUT2D eigenvalue weighted by Crippen LogP contribution is 2.06. The lowest BCUT2D eigenvalue weighted by Crippen LogP contribution is -2.00. The van der Waals surface area contributed by atoms with Crippen molar-refractivity contribution >= 4 is 0 Å². The quantitative estimate of drug-likeness (QED) is 0.724. The van der Waals surface area contributed by atoms with Crippen LogP contribution in [-0.2, 0) is 0 Å². The number of para-hydroxylation sites is 1. The monoisotopic (exact) mass is 302 g/mol. The van der Waals surface area contributed by atoms with Gasteiger partial charge in [0.2, 0.25) is 0 Å². The van der Waals surface area contributed by atoms with Gasteiger partial charge in [-0.1, -0.05) is 57.2 Å². The zero-order valence-corrected chi connectivity index (χ0v) is 13.3. The number of hydrogen-bond donors (Lipinski definition) is 1. The fourth-order valence-corrected chi connectivity index (χ4v) is 1.83. The van der Waals surface area contributed by atoms with Crippen LogP contribution in [0, 0.1) is 0 Å². The highest BCUT2D eigenvalue weighted by Gasteiger charge is 1.94. The van der Waals surface area contributed by atoms with Crippen LogP contribution in [0.1, 0.15) is 45.4 Å². The number of hydrogen-bond acceptors (Lipinski definition) is 4. The molecular formula is C18H26N2O2. The minimum absolute atomic E-state index is 0.322. The predicted octanol–water partition coefficient (Wildman–Crippen LogP) is 4.61. The van der Waals surface area contributed by atoms with Crippen LogP contribution in [0.2, 0.25) is 0 Å². The van der Waals surface area contributed by atoms with Gasteiger partial charge in [-0.15, -0.1) is 0 Å². The second kappa shape index (κ2) is 12.6. The van der Waals surface area contributed by atoms with Gasteiger partial charge in [0.1, 0.15) is 5.75 Å². The van der Waals surface area contributed by atoms with E-state index in [-0.39, 0.29) is 0 Å². The number of nitrogens with zero attached hydrogens (tertiary/aromatic N) is 2. The second-order valence-electron chi connectivity index (χ2n) is 4.98. The molecule has 1 heterocycles. The molecule has 0 radical (unpaired) electrons. The molecule has 0 aliphatic rings. The summed E-state index contributed by atoms with van der Waals surface area (Å²) in [6.45, 7) is 2.96. The first kappa shape index (κ1) is 18.0. The van der Waals surface area contributed by atoms with Crippen molar-refractivity contribution < 1.29 is 9.84 Å². The summed E-state index contributed by atoms with van der Waals surface area (Å²) >= 11 is 0. The van der Waals surface area contributed by atoms with E-state index >= 15 is 0 Å². The maximum atomic E-state index is 8.63. The van der Waals surface area contributed by atoms with Crippen LogP contribution in [0.15, 0.2) is 48.8 Å². The number of aromatic nitrogens is 2. The van der Waals surface area contributed by atoms with Gasteiger partial charge >= 0.3 is 6.01 Å². The molecule has 1 aromatic heterocycles. The smallest absolute Gasteiger partial charge is 0.316 e. The summed E-state index contributed by atoms with van der Waals surface area (Å²) in [5, 5.41) is 8.63. The Kier molecular flexibility index (Phi) is 10.3. The third kappa shape index (κ3) is 9.75. The normalized spacial score (nSPS) is 9.68. The van der Waals surface area contributed by atoms with Gasteiger partial charge in [-0.25, -0.2) is 9.97 Å². The number of phenols is 1. The summed E-state index contributed by atoms with van der Waals surface area (Å²) in [6, 6.07) is 11.0. The van der Waals surface area contributed by atoms with E-state index in [1.165, 1.54) is 32.1 Å². The van der Waals surface area contributed by atoms with Crippen molar-refractivity contribution in [2.45, 2.75) is 45.4 Å². The van der Waals surface area contributed by atoms with Crippen molar-refractivity contribution in [1.29, 1.82) is 0 Å². The van der Waals surface area contributed by atoms with Crippen LogP contribution in [0.4, 0.5) is 0 Å². The summed E-state index contributed by atoms with van der Waals surface area (Å²) in [5.41, 5.74) is 0. The van der Waals surface area contributed by atoms with Crippen molar-refractivity contribution in [3.8, 4) is 11.8 Å². The topological polar surface area (TPSA) is 55.2 Å². The first-order chi connectivity index (χ1) is 10.8. The maximum absolute atomic E-state index is 8.63. The van der Waals surface area contributed by atoms with Crippen LogP contribution in [0.25, 0.3) is 0 Å². The standard InChI is InChI=1S/C12H20N2O.C6H6O/c1-2-3-4-5-6-7-11-15-12-13-9-8-10-14-12;7-6-4-2-1-3-5-6/h8-10H,2-7,11H2,1H3;1-5,7H. The van der Waals surface area contributed by atoms with Crippen LogP contribution in [0.3, 0.4) is 0 Å². The third-order valence-corrected chi connectivity index (χ3v) is 3.03. The molecule has 0 unspecified atom stereocenters. The molecule has 120 valence electrons. The average Bonchev–Trinajstić information content (AvgIpc) is 2.56. The minimum atomic E-state index is 0.322. The number of aromatic hydroxyl groups is 1. The Morgan fingerprint density at radius 1 is 0.864 bits per heavy atom. The Hall–Kier alpha value is -2.10. The molecule has 2 aromatic rings. The molecule has 0 amide bonds. The second-order valence-corrected chi connectivity index (χ2v) is 4.98. The maximum Gasteiger partial charge on any atom is 0.316 e. The molecule has 0 saturated carbocycles. The summed E-state index contributed by atoms with van der Waals surface area (Å²) in [6.07, 6.45) is 11.0. The van der Waals surface area contributed by atoms with Crippen LogP contribution in [0.5, 0.6) is 11.8 Å². The van der Waals surface area contributed by atoms with Crippen LogP contribution in [-0.4, -0.2) is 21.7 Å². The number of ether oxygens (including phenoxy) is 1. The van der Waals surface area contributed by atoms with E-state index in [9.17, 15) is 0 Å². The molecule has 0 aliphatic carbocycles. The SMILES string of the molecule is CCCCCCCCOc1ncccn1.Oc1ccccc1. The summed E-state index contributed by atoms with van der Waals surface area (Å²) in [5.74, 6) is 0.322. The summed E-state index contributed by atoms with van der Waals surface area (Å²) in [7, 11) is 0. The zero-order chi connectivity index (χ0) is 15.9. The van der Waals surface area contributed by atoms with Crippen LogP contribution >= 0.6 is 0 Å². The lowest BCUT2D eigenvalue weighted by atomic mass is 10.1. The first-order valence-electron chi connectivity index (χ1n) is 7.96. The first-order valence-corrected chi connectivity index (χ1v) is 7.96. The van der Waals surface area contributed by atoms with Gasteiger partial charge in [-0.2, -0.15) is 0 Å². The largest absolute Gasteiger partial charge is 0.508 e. The molecule has 0 bridgehead atoms. The van der Waals surface area contributed by atoms with Gasteiger partial charge in [0, 0.05) is 12.4 Å². The van der Waals surface area contributed by atoms with E-state index < -0.39 is 0 Å². The molecular weight excluding hydrogens is 276 g/mol. The van der Waals surface area contributed by atoms with Crippen LogP contribution < -0.4 is 4.74 Å². The number of rotatable bonds is 8. The van der Waals surface area contributed by atoms with Gasteiger partial charge in [0.25, 0.3) is 0 Å². The summed E-state index contributed by atoms with van der Waals surface area (Å²) in [4.78, 5) is 7.99. The zero-order valence-electron chi connectivity index (χ0n) is 13.3. The highest BCUT2D eigenvalue weighted by molar-refractivity contribution is 5.18. The fourth-order valence-electron chi connectivity index (χ4n) is 1.83. The molecule has 2 rings (SSSR count). The Balaban J connectivity index is 0.000000287.